The molecular weight excluding hydrogens is 442 g/mol. The summed E-state index contributed by atoms with van der Waals surface area (Å²) in [5.74, 6) is 0.00778. The molecule has 0 unspecified atom stereocenters. The average Bonchev–Trinajstić information content (AvgIpc) is 3.52. The lowest BCUT2D eigenvalue weighted by atomic mass is 9.94. The molecule has 3 aromatic heterocycles. The monoisotopic (exact) mass is 469 g/mol. The van der Waals surface area contributed by atoms with Crippen molar-refractivity contribution in [1.82, 2.24) is 25.0 Å². The van der Waals surface area contributed by atoms with Crippen LogP contribution in [0.15, 0.2) is 59.3 Å². The van der Waals surface area contributed by atoms with E-state index in [1.54, 1.807) is 12.1 Å². The summed E-state index contributed by atoms with van der Waals surface area (Å²) in [6.45, 7) is 7.37. The molecule has 35 heavy (non-hydrogen) atoms. The molecule has 0 spiro atoms. The zero-order valence-electron chi connectivity index (χ0n) is 20.0. The van der Waals surface area contributed by atoms with Gasteiger partial charge < -0.3 is 14.6 Å². The Hall–Kier alpha value is -4.20. The number of hydrogen-bond donors (Lipinski definition) is 1. The van der Waals surface area contributed by atoms with Crippen LogP contribution in [0.4, 0.5) is 0 Å². The Kier molecular flexibility index (Phi) is 5.94. The molecule has 4 heterocycles. The Balaban J connectivity index is 1.30. The zero-order valence-corrected chi connectivity index (χ0v) is 20.0. The van der Waals surface area contributed by atoms with Crippen LogP contribution in [-0.4, -0.2) is 38.0 Å². The maximum atomic E-state index is 13.2. The number of nitrogens with one attached hydrogen (secondary N) is 1. The molecule has 1 aliphatic heterocycles. The van der Waals surface area contributed by atoms with Gasteiger partial charge in [0, 0.05) is 42.8 Å². The molecule has 0 bridgehead atoms. The Morgan fingerprint density at radius 3 is 2.60 bits per heavy atom. The summed E-state index contributed by atoms with van der Waals surface area (Å²) in [4.78, 5) is 31.9. The van der Waals surface area contributed by atoms with Gasteiger partial charge in [0.2, 0.25) is 0 Å². The lowest BCUT2D eigenvalue weighted by Gasteiger charge is -2.30. The molecule has 0 atom stereocenters. The van der Waals surface area contributed by atoms with Gasteiger partial charge in [-0.3, -0.25) is 14.6 Å². The first-order chi connectivity index (χ1) is 16.9. The largest absolute Gasteiger partial charge is 0.459 e. The quantitative estimate of drug-likeness (QED) is 0.478. The molecule has 8 heteroatoms. The summed E-state index contributed by atoms with van der Waals surface area (Å²) in [6.07, 6.45) is 4.03. The first-order valence-corrected chi connectivity index (χ1v) is 11.6. The molecule has 0 aliphatic carbocycles. The lowest BCUT2D eigenvalue weighted by Crippen LogP contribution is -2.37. The SMILES string of the molecule is Cc1cc(C)n(-c2ccc(C(=O)N3CCc4c(cnc(C)c4CNC(=O)c4ccco4)C3)cc2)n1. The van der Waals surface area contributed by atoms with Gasteiger partial charge in [-0.05, 0) is 86.3 Å². The Bertz CT molecular complexity index is 1390. The lowest BCUT2D eigenvalue weighted by molar-refractivity contribution is 0.0734. The molecule has 0 radical (unpaired) electrons. The summed E-state index contributed by atoms with van der Waals surface area (Å²) in [6, 6.07) is 12.9. The third kappa shape index (κ3) is 4.47. The fraction of sp³-hybridized carbons (Fsp3) is 0.259. The minimum atomic E-state index is -0.261. The number of furan rings is 1. The number of benzene rings is 1. The molecule has 0 saturated heterocycles. The Morgan fingerprint density at radius 1 is 1.11 bits per heavy atom. The molecule has 1 aliphatic rings. The van der Waals surface area contributed by atoms with E-state index in [1.807, 2.05) is 66.9 Å². The minimum absolute atomic E-state index is 0.0104. The molecule has 0 saturated carbocycles. The molecule has 5 rings (SSSR count). The fourth-order valence-electron chi connectivity index (χ4n) is 4.61. The van der Waals surface area contributed by atoms with Crippen molar-refractivity contribution in [1.29, 1.82) is 0 Å². The second kappa shape index (κ2) is 9.21. The summed E-state index contributed by atoms with van der Waals surface area (Å²) in [7, 11) is 0. The predicted octanol–water partition coefficient (Wildman–Crippen LogP) is 3.91. The topological polar surface area (TPSA) is 93.3 Å². The first kappa shape index (κ1) is 22.6. The van der Waals surface area contributed by atoms with E-state index in [0.29, 0.717) is 31.6 Å². The second-order valence-electron chi connectivity index (χ2n) is 8.85. The van der Waals surface area contributed by atoms with Gasteiger partial charge >= 0.3 is 0 Å². The number of pyridine rings is 1. The van der Waals surface area contributed by atoms with E-state index in [2.05, 4.69) is 15.4 Å². The van der Waals surface area contributed by atoms with Crippen molar-refractivity contribution in [2.24, 2.45) is 0 Å². The van der Waals surface area contributed by atoms with Crippen LogP contribution in [0, 0.1) is 20.8 Å². The number of amides is 2. The average molecular weight is 470 g/mol. The molecule has 1 aromatic carbocycles. The van der Waals surface area contributed by atoms with Crippen molar-refractivity contribution in [3.8, 4) is 5.69 Å². The minimum Gasteiger partial charge on any atom is -0.459 e. The van der Waals surface area contributed by atoms with Crippen LogP contribution in [0.3, 0.4) is 0 Å². The Morgan fingerprint density at radius 2 is 1.91 bits per heavy atom. The number of nitrogens with zero attached hydrogens (tertiary/aromatic N) is 4. The highest BCUT2D eigenvalue weighted by Gasteiger charge is 2.25. The highest BCUT2D eigenvalue weighted by atomic mass is 16.3. The number of rotatable bonds is 5. The Labute approximate surface area is 203 Å². The van der Waals surface area contributed by atoms with E-state index in [0.717, 1.165) is 39.5 Å². The van der Waals surface area contributed by atoms with Gasteiger partial charge in [0.1, 0.15) is 0 Å². The van der Waals surface area contributed by atoms with Gasteiger partial charge in [0.15, 0.2) is 5.76 Å². The highest BCUT2D eigenvalue weighted by molar-refractivity contribution is 5.94. The van der Waals surface area contributed by atoms with Crippen LogP contribution < -0.4 is 5.32 Å². The molecule has 1 N–H and O–H groups in total. The van der Waals surface area contributed by atoms with Crippen molar-refractivity contribution in [3.05, 3.63) is 100 Å². The number of carbonyl (C=O) groups is 2. The number of aryl methyl sites for hydroxylation is 3. The van der Waals surface area contributed by atoms with Gasteiger partial charge in [-0.15, -0.1) is 0 Å². The number of fused-ring (bicyclic) bond motifs is 1. The van der Waals surface area contributed by atoms with Gasteiger partial charge in [0.25, 0.3) is 11.8 Å². The van der Waals surface area contributed by atoms with Crippen LogP contribution in [0.1, 0.15) is 54.7 Å². The number of aromatic nitrogens is 3. The van der Waals surface area contributed by atoms with Crippen LogP contribution in [0.25, 0.3) is 5.69 Å². The van der Waals surface area contributed by atoms with E-state index in [-0.39, 0.29) is 17.6 Å². The van der Waals surface area contributed by atoms with Crippen molar-refractivity contribution >= 4 is 11.8 Å². The second-order valence-corrected chi connectivity index (χ2v) is 8.85. The fourth-order valence-corrected chi connectivity index (χ4v) is 4.61. The van der Waals surface area contributed by atoms with Crippen molar-refractivity contribution in [3.63, 3.8) is 0 Å². The van der Waals surface area contributed by atoms with E-state index >= 15 is 0 Å². The molecule has 2 amide bonds. The molecule has 178 valence electrons. The smallest absolute Gasteiger partial charge is 0.287 e. The molecular formula is C27H27N5O3. The van der Waals surface area contributed by atoms with Gasteiger partial charge in [-0.2, -0.15) is 5.10 Å². The van der Waals surface area contributed by atoms with E-state index < -0.39 is 0 Å². The summed E-state index contributed by atoms with van der Waals surface area (Å²) >= 11 is 0. The maximum absolute atomic E-state index is 13.2. The van der Waals surface area contributed by atoms with Crippen LogP contribution in [0.5, 0.6) is 0 Å². The number of hydrogen-bond acceptors (Lipinski definition) is 5. The third-order valence-corrected chi connectivity index (χ3v) is 6.42. The van der Waals surface area contributed by atoms with Crippen molar-refractivity contribution in [2.45, 2.75) is 40.3 Å². The summed E-state index contributed by atoms with van der Waals surface area (Å²) in [5, 5.41) is 7.42. The molecule has 8 nitrogen and oxygen atoms in total. The summed E-state index contributed by atoms with van der Waals surface area (Å²) in [5.41, 5.74) is 7.62. The normalized spacial score (nSPS) is 12.9. The first-order valence-electron chi connectivity index (χ1n) is 11.6. The zero-order chi connectivity index (χ0) is 24.5. The van der Waals surface area contributed by atoms with E-state index in [1.165, 1.54) is 6.26 Å². The number of carbonyl (C=O) groups excluding carboxylic acids is 2. The van der Waals surface area contributed by atoms with Crippen LogP contribution in [-0.2, 0) is 19.5 Å². The highest BCUT2D eigenvalue weighted by Crippen LogP contribution is 2.25. The maximum Gasteiger partial charge on any atom is 0.287 e. The standard InChI is InChI=1S/C27H27N5O3/c1-17-13-18(2)32(30-17)22-8-6-20(7-9-22)27(34)31-11-10-23-21(16-31)14-28-19(3)24(23)15-29-26(33)25-5-4-12-35-25/h4-9,12-14H,10-11,15-16H2,1-3H3,(H,29,33). The van der Waals surface area contributed by atoms with Crippen LogP contribution in [0.2, 0.25) is 0 Å². The van der Waals surface area contributed by atoms with Gasteiger partial charge in [-0.1, -0.05) is 0 Å². The third-order valence-electron chi connectivity index (χ3n) is 6.42. The van der Waals surface area contributed by atoms with Crippen LogP contribution >= 0.6 is 0 Å². The van der Waals surface area contributed by atoms with Gasteiger partial charge in [-0.25, -0.2) is 4.68 Å². The van der Waals surface area contributed by atoms with Gasteiger partial charge in [0.05, 0.1) is 17.6 Å². The van der Waals surface area contributed by atoms with Crippen molar-refractivity contribution in [2.75, 3.05) is 6.54 Å². The van der Waals surface area contributed by atoms with E-state index in [9.17, 15) is 9.59 Å². The molecule has 4 aromatic rings. The molecule has 0 fully saturated rings. The van der Waals surface area contributed by atoms with E-state index in [4.69, 9.17) is 4.42 Å². The predicted molar refractivity (Wildman–Crippen MR) is 130 cm³/mol. The summed E-state index contributed by atoms with van der Waals surface area (Å²) < 4.78 is 7.05. The van der Waals surface area contributed by atoms with Crippen molar-refractivity contribution < 1.29 is 14.0 Å².